The highest BCUT2D eigenvalue weighted by Crippen LogP contribution is 2.23. The van der Waals surface area contributed by atoms with Crippen molar-refractivity contribution in [3.8, 4) is 0 Å². The molecule has 0 bridgehead atoms. The molecule has 3 aromatic heterocycles. The van der Waals surface area contributed by atoms with Gasteiger partial charge in [0, 0.05) is 43.0 Å². The topological polar surface area (TPSA) is 107 Å². The van der Waals surface area contributed by atoms with E-state index in [-0.39, 0.29) is 0 Å². The van der Waals surface area contributed by atoms with Gasteiger partial charge in [0.15, 0.2) is 12.0 Å². The minimum atomic E-state index is 0.376. The minimum Gasteiger partial charge on any atom is -0.404 e. The smallest absolute Gasteiger partial charge is 0.171 e. The number of anilines is 2. The van der Waals surface area contributed by atoms with Gasteiger partial charge < -0.3 is 11.1 Å². The highest BCUT2D eigenvalue weighted by Gasteiger charge is 2.23. The molecule has 0 unspecified atom stereocenters. The van der Waals surface area contributed by atoms with E-state index in [0.717, 1.165) is 47.2 Å². The van der Waals surface area contributed by atoms with Crippen LogP contribution in [-0.4, -0.2) is 56.5 Å². The summed E-state index contributed by atoms with van der Waals surface area (Å²) in [7, 11) is 0. The van der Waals surface area contributed by atoms with E-state index in [9.17, 15) is 0 Å². The second kappa shape index (κ2) is 12.0. The van der Waals surface area contributed by atoms with Crippen LogP contribution >= 0.6 is 0 Å². The summed E-state index contributed by atoms with van der Waals surface area (Å²) in [4.78, 5) is 15.4. The van der Waals surface area contributed by atoms with Gasteiger partial charge in [0.2, 0.25) is 0 Å². The molecule has 4 rings (SSSR count). The van der Waals surface area contributed by atoms with Gasteiger partial charge in [-0.3, -0.25) is 9.88 Å². The van der Waals surface area contributed by atoms with Crippen molar-refractivity contribution in [1.29, 1.82) is 0 Å². The summed E-state index contributed by atoms with van der Waals surface area (Å²) in [6.45, 7) is 11.0. The lowest BCUT2D eigenvalue weighted by atomic mass is 9.97. The van der Waals surface area contributed by atoms with Crippen LogP contribution in [0.5, 0.6) is 0 Å². The third-order valence-electron chi connectivity index (χ3n) is 7.02. The first kappa shape index (κ1) is 25.7. The molecule has 0 radical (unpaired) electrons. The zero-order valence-corrected chi connectivity index (χ0v) is 21.9. The fourth-order valence-corrected chi connectivity index (χ4v) is 4.81. The van der Waals surface area contributed by atoms with Crippen LogP contribution in [0.1, 0.15) is 70.4 Å². The highest BCUT2D eigenvalue weighted by molar-refractivity contribution is 6.07. The fourth-order valence-electron chi connectivity index (χ4n) is 4.81. The fraction of sp³-hybridized carbons (Fsp3) is 0.464. The van der Waals surface area contributed by atoms with Gasteiger partial charge in [-0.05, 0) is 62.4 Å². The van der Waals surface area contributed by atoms with Gasteiger partial charge in [-0.1, -0.05) is 20.3 Å². The Morgan fingerprint density at radius 3 is 2.69 bits per heavy atom. The molecule has 36 heavy (non-hydrogen) atoms. The molecule has 1 saturated heterocycles. The maximum atomic E-state index is 5.97. The van der Waals surface area contributed by atoms with Crippen molar-refractivity contribution in [2.75, 3.05) is 18.4 Å². The van der Waals surface area contributed by atoms with E-state index in [1.165, 1.54) is 19.3 Å². The lowest BCUT2D eigenvalue weighted by molar-refractivity contribution is -0.451. The van der Waals surface area contributed by atoms with E-state index >= 15 is 0 Å². The Bertz CT molecular complexity index is 1210. The third kappa shape index (κ3) is 6.43. The molecule has 3 aromatic rings. The molecule has 190 valence electrons. The number of aromatic nitrogens is 4. The number of nitrogens with one attached hydrogen (secondary N) is 2. The molecule has 0 saturated carbocycles. The Kier molecular flexibility index (Phi) is 8.59. The summed E-state index contributed by atoms with van der Waals surface area (Å²) in [6, 6.07) is 9.22. The van der Waals surface area contributed by atoms with Gasteiger partial charge >= 0.3 is 0 Å². The average Bonchev–Trinajstić information content (AvgIpc) is 2.87. The molecule has 1 aliphatic heterocycles. The predicted molar refractivity (Wildman–Crippen MR) is 147 cm³/mol. The van der Waals surface area contributed by atoms with Gasteiger partial charge in [0.25, 0.3) is 0 Å². The molecule has 0 aromatic carbocycles. The van der Waals surface area contributed by atoms with Crippen LogP contribution in [0.2, 0.25) is 0 Å². The average molecular weight is 488 g/mol. The van der Waals surface area contributed by atoms with E-state index in [0.29, 0.717) is 29.6 Å². The Morgan fingerprint density at radius 2 is 1.94 bits per heavy atom. The molecule has 8 nitrogen and oxygen atoms in total. The highest BCUT2D eigenvalue weighted by atomic mass is 15.2. The van der Waals surface area contributed by atoms with Crippen molar-refractivity contribution in [1.82, 2.24) is 25.1 Å². The number of likely N-dealkylation sites (tertiary alicyclic amines) is 1. The van der Waals surface area contributed by atoms with Gasteiger partial charge in [-0.25, -0.2) is 9.98 Å². The largest absolute Gasteiger partial charge is 0.404 e. The molecule has 1 aliphatic rings. The Morgan fingerprint density at radius 1 is 1.14 bits per heavy atom. The quantitative estimate of drug-likeness (QED) is 0.314. The molecule has 8 heteroatoms. The van der Waals surface area contributed by atoms with Crippen LogP contribution in [0, 0.1) is 0 Å². The summed E-state index contributed by atoms with van der Waals surface area (Å²) in [5, 5.41) is 11.5. The van der Waals surface area contributed by atoms with Crippen LogP contribution < -0.4 is 16.0 Å². The maximum Gasteiger partial charge on any atom is 0.171 e. The molecule has 2 atom stereocenters. The number of hydrogen-bond acceptors (Lipinski definition) is 7. The van der Waals surface area contributed by atoms with Crippen LogP contribution in [0.25, 0.3) is 16.6 Å². The summed E-state index contributed by atoms with van der Waals surface area (Å²) in [6.07, 6.45) is 12.3. The number of piperidine rings is 1. The van der Waals surface area contributed by atoms with Gasteiger partial charge in [0.1, 0.15) is 12.4 Å². The van der Waals surface area contributed by atoms with E-state index in [1.54, 1.807) is 12.4 Å². The normalized spacial score (nSPS) is 19.4. The number of fused-ring (bicyclic) bond motifs is 1. The summed E-state index contributed by atoms with van der Waals surface area (Å²) < 4.78 is 0. The first-order valence-electron chi connectivity index (χ1n) is 13.1. The van der Waals surface area contributed by atoms with E-state index in [2.05, 4.69) is 58.1 Å². The Labute approximate surface area is 214 Å². The summed E-state index contributed by atoms with van der Waals surface area (Å²) >= 11 is 0. The number of rotatable bonds is 9. The zero-order chi connectivity index (χ0) is 25.5. The monoisotopic (exact) mass is 487 g/mol. The number of allylic oxidation sites excluding steroid dienone is 1. The SMILES string of the molecule is CC(C)c1cnnc(Nc2ccc3ncc(C(C=[NH+]CCCN4[C@H](C)CCC[C@@H]4C)=CN)cc3n2)c1. The number of nitrogens with two attached hydrogens (primary N) is 1. The van der Waals surface area contributed by atoms with Crippen molar-refractivity contribution in [3.63, 3.8) is 0 Å². The minimum absolute atomic E-state index is 0.376. The van der Waals surface area contributed by atoms with Crippen LogP contribution in [-0.2, 0) is 0 Å². The van der Waals surface area contributed by atoms with Crippen molar-refractivity contribution in [3.05, 3.63) is 54.0 Å². The van der Waals surface area contributed by atoms with Crippen molar-refractivity contribution in [2.45, 2.75) is 71.4 Å². The Balaban J connectivity index is 1.41. The molecule has 0 amide bonds. The first-order chi connectivity index (χ1) is 17.4. The molecule has 4 heterocycles. The predicted octanol–water partition coefficient (Wildman–Crippen LogP) is 3.39. The molecule has 1 fully saturated rings. The third-order valence-corrected chi connectivity index (χ3v) is 7.02. The standard InChI is InChI=1S/C28H38N8/c1-19(2)22-14-28(35-32-18-22)34-27-10-9-25-26(33-27)13-23(17-31-25)24(15-29)16-30-11-6-12-36-20(3)7-5-8-21(36)4/h9-10,13-21H,5-8,11-12,29H2,1-4H3,(H,33,34,35)/p+1/t20-,21+. The molecule has 0 spiro atoms. The van der Waals surface area contributed by atoms with E-state index in [1.807, 2.05) is 36.7 Å². The van der Waals surface area contributed by atoms with Crippen LogP contribution in [0.3, 0.4) is 0 Å². The lowest BCUT2D eigenvalue weighted by Gasteiger charge is -2.38. The van der Waals surface area contributed by atoms with Crippen molar-refractivity contribution < 1.29 is 4.99 Å². The Hall–Kier alpha value is -3.39. The van der Waals surface area contributed by atoms with E-state index < -0.39 is 0 Å². The van der Waals surface area contributed by atoms with Crippen molar-refractivity contribution in [2.24, 2.45) is 5.73 Å². The molecular weight excluding hydrogens is 448 g/mol. The first-order valence-corrected chi connectivity index (χ1v) is 13.1. The second-order valence-electron chi connectivity index (χ2n) is 10.1. The van der Waals surface area contributed by atoms with Gasteiger partial charge in [-0.15, -0.1) is 5.10 Å². The summed E-state index contributed by atoms with van der Waals surface area (Å²) in [5.74, 6) is 1.74. The van der Waals surface area contributed by atoms with Gasteiger partial charge in [0.05, 0.1) is 22.8 Å². The number of nitrogens with zero attached hydrogens (tertiary/aromatic N) is 5. The molecule has 4 N–H and O–H groups in total. The van der Waals surface area contributed by atoms with E-state index in [4.69, 9.17) is 10.7 Å². The van der Waals surface area contributed by atoms with Crippen LogP contribution in [0.4, 0.5) is 11.6 Å². The van der Waals surface area contributed by atoms with Gasteiger partial charge in [-0.2, -0.15) is 5.10 Å². The number of pyridine rings is 2. The number of hydrogen-bond donors (Lipinski definition) is 3. The van der Waals surface area contributed by atoms with Crippen molar-refractivity contribution >= 4 is 34.5 Å². The summed E-state index contributed by atoms with van der Waals surface area (Å²) in [5.41, 5.74) is 10.5. The maximum absolute atomic E-state index is 5.97. The zero-order valence-electron chi connectivity index (χ0n) is 21.9. The lowest BCUT2D eigenvalue weighted by Crippen LogP contribution is -2.69. The molecular formula is C28H39N8+. The molecule has 0 aliphatic carbocycles. The second-order valence-corrected chi connectivity index (χ2v) is 10.1. The van der Waals surface area contributed by atoms with Crippen LogP contribution in [0.15, 0.2) is 42.9 Å².